The van der Waals surface area contributed by atoms with Crippen LogP contribution in [0.3, 0.4) is 0 Å². The molecular formula is C27H40O2. The van der Waals surface area contributed by atoms with E-state index >= 15 is 0 Å². The first-order valence-electron chi connectivity index (χ1n) is 12.0. The van der Waals surface area contributed by atoms with Crippen LogP contribution in [0.15, 0.2) is 35.4 Å². The fourth-order valence-electron chi connectivity index (χ4n) is 4.35. The molecule has 0 atom stereocenters. The van der Waals surface area contributed by atoms with Gasteiger partial charge >= 0.3 is 0 Å². The Kier molecular flexibility index (Phi) is 11.0. The summed E-state index contributed by atoms with van der Waals surface area (Å²) in [6.45, 7) is 4.09. The zero-order valence-electron chi connectivity index (χ0n) is 18.7. The van der Waals surface area contributed by atoms with Crippen molar-refractivity contribution in [3.63, 3.8) is 0 Å². The van der Waals surface area contributed by atoms with Crippen LogP contribution in [0.25, 0.3) is 0 Å². The standard InChI is InChI=1S/C27H40O2/c1-3-4-5-6-7-8-9-10-11-12-13-14-15-16-19-23-22(2)26(28)24-20-17-18-21-25(24)27(23)29/h17-18,20-21H,3-16,19H2,1-2H3. The lowest BCUT2D eigenvalue weighted by Gasteiger charge is -2.18. The summed E-state index contributed by atoms with van der Waals surface area (Å²) in [5, 5.41) is 0. The highest BCUT2D eigenvalue weighted by atomic mass is 16.1. The van der Waals surface area contributed by atoms with Crippen LogP contribution in [-0.2, 0) is 0 Å². The third kappa shape index (κ3) is 7.57. The quantitative estimate of drug-likeness (QED) is 0.280. The third-order valence-electron chi connectivity index (χ3n) is 6.26. The van der Waals surface area contributed by atoms with Crippen molar-refractivity contribution in [2.75, 3.05) is 0 Å². The average molecular weight is 397 g/mol. The number of hydrogen-bond acceptors (Lipinski definition) is 2. The summed E-state index contributed by atoms with van der Waals surface area (Å²) in [5.41, 5.74) is 2.55. The Morgan fingerprint density at radius 2 is 1.00 bits per heavy atom. The van der Waals surface area contributed by atoms with Crippen LogP contribution in [0.4, 0.5) is 0 Å². The first-order valence-corrected chi connectivity index (χ1v) is 12.0. The molecule has 0 saturated carbocycles. The van der Waals surface area contributed by atoms with Crippen molar-refractivity contribution >= 4 is 11.6 Å². The fraction of sp³-hybridized carbons (Fsp3) is 0.630. The van der Waals surface area contributed by atoms with Crippen LogP contribution in [0.1, 0.15) is 131 Å². The van der Waals surface area contributed by atoms with Crippen LogP contribution in [0.2, 0.25) is 0 Å². The summed E-state index contributed by atoms with van der Waals surface area (Å²) in [4.78, 5) is 25.2. The normalized spacial score (nSPS) is 13.9. The van der Waals surface area contributed by atoms with Gasteiger partial charge in [-0.25, -0.2) is 0 Å². The summed E-state index contributed by atoms with van der Waals surface area (Å²) in [6.07, 6.45) is 19.3. The fourth-order valence-corrected chi connectivity index (χ4v) is 4.35. The minimum atomic E-state index is 0.0283. The van der Waals surface area contributed by atoms with Gasteiger partial charge < -0.3 is 0 Å². The minimum Gasteiger partial charge on any atom is -0.289 e. The Bertz CT molecular complexity index is 684. The van der Waals surface area contributed by atoms with Crippen LogP contribution in [0, 0.1) is 0 Å². The lowest BCUT2D eigenvalue weighted by atomic mass is 9.82. The Labute approximate surface area is 178 Å². The molecule has 0 radical (unpaired) electrons. The number of carbonyl (C=O) groups excluding carboxylic acids is 2. The number of rotatable bonds is 15. The average Bonchev–Trinajstić information content (AvgIpc) is 2.74. The van der Waals surface area contributed by atoms with E-state index in [4.69, 9.17) is 0 Å². The number of benzene rings is 1. The zero-order valence-corrected chi connectivity index (χ0v) is 18.7. The van der Waals surface area contributed by atoms with Crippen molar-refractivity contribution in [1.29, 1.82) is 0 Å². The largest absolute Gasteiger partial charge is 0.289 e. The van der Waals surface area contributed by atoms with E-state index in [0.717, 1.165) is 24.8 Å². The molecule has 1 aromatic carbocycles. The first kappa shape index (κ1) is 23.6. The van der Waals surface area contributed by atoms with Crippen molar-refractivity contribution < 1.29 is 9.59 Å². The summed E-state index contributed by atoms with van der Waals surface area (Å²) in [7, 11) is 0. The smallest absolute Gasteiger partial charge is 0.190 e. The molecule has 1 aliphatic rings. The van der Waals surface area contributed by atoms with Gasteiger partial charge in [0.05, 0.1) is 0 Å². The van der Waals surface area contributed by atoms with Crippen molar-refractivity contribution in [2.45, 2.75) is 110 Å². The molecule has 0 amide bonds. The van der Waals surface area contributed by atoms with Gasteiger partial charge in [-0.05, 0) is 19.8 Å². The number of Topliss-reactive ketones (excluding diaryl/α,β-unsaturated/α-hetero) is 2. The highest BCUT2D eigenvalue weighted by molar-refractivity contribution is 6.26. The molecule has 29 heavy (non-hydrogen) atoms. The number of unbranched alkanes of at least 4 members (excludes halogenated alkanes) is 13. The van der Waals surface area contributed by atoms with Gasteiger partial charge in [-0.1, -0.05) is 115 Å². The van der Waals surface area contributed by atoms with E-state index in [1.54, 1.807) is 12.1 Å². The molecule has 0 aliphatic heterocycles. The van der Waals surface area contributed by atoms with E-state index in [1.807, 2.05) is 19.1 Å². The monoisotopic (exact) mass is 396 g/mol. The second kappa shape index (κ2) is 13.5. The highest BCUT2D eigenvalue weighted by Gasteiger charge is 2.28. The maximum absolute atomic E-state index is 12.7. The van der Waals surface area contributed by atoms with Crippen molar-refractivity contribution in [3.8, 4) is 0 Å². The van der Waals surface area contributed by atoms with Gasteiger partial charge in [0.15, 0.2) is 11.6 Å². The van der Waals surface area contributed by atoms with E-state index < -0.39 is 0 Å². The molecule has 2 heteroatoms. The Morgan fingerprint density at radius 1 is 0.586 bits per heavy atom. The molecule has 0 N–H and O–H groups in total. The lowest BCUT2D eigenvalue weighted by Crippen LogP contribution is -2.20. The topological polar surface area (TPSA) is 34.1 Å². The first-order chi connectivity index (χ1) is 14.2. The van der Waals surface area contributed by atoms with Gasteiger partial charge in [-0.3, -0.25) is 9.59 Å². The van der Waals surface area contributed by atoms with E-state index in [2.05, 4.69) is 6.92 Å². The molecule has 0 aromatic heterocycles. The molecule has 1 aliphatic carbocycles. The van der Waals surface area contributed by atoms with Gasteiger partial charge in [0.1, 0.15) is 0 Å². The number of carbonyl (C=O) groups is 2. The van der Waals surface area contributed by atoms with Crippen LogP contribution in [0.5, 0.6) is 0 Å². The van der Waals surface area contributed by atoms with E-state index in [0.29, 0.717) is 16.7 Å². The van der Waals surface area contributed by atoms with E-state index in [-0.39, 0.29) is 11.6 Å². The Morgan fingerprint density at radius 3 is 1.48 bits per heavy atom. The van der Waals surface area contributed by atoms with Gasteiger partial charge in [-0.15, -0.1) is 0 Å². The maximum atomic E-state index is 12.7. The molecule has 0 bridgehead atoms. The molecule has 2 rings (SSSR count). The third-order valence-corrected chi connectivity index (χ3v) is 6.26. The van der Waals surface area contributed by atoms with Crippen molar-refractivity contribution in [3.05, 3.63) is 46.5 Å². The Balaban J connectivity index is 1.53. The molecule has 2 nitrogen and oxygen atoms in total. The summed E-state index contributed by atoms with van der Waals surface area (Å²) in [6, 6.07) is 7.22. The molecule has 160 valence electrons. The van der Waals surface area contributed by atoms with Gasteiger partial charge in [0.2, 0.25) is 0 Å². The lowest BCUT2D eigenvalue weighted by molar-refractivity contribution is 0.0971. The number of hydrogen-bond donors (Lipinski definition) is 0. The molecular weight excluding hydrogens is 356 g/mol. The van der Waals surface area contributed by atoms with E-state index in [9.17, 15) is 9.59 Å². The molecule has 0 saturated heterocycles. The van der Waals surface area contributed by atoms with Gasteiger partial charge in [-0.2, -0.15) is 0 Å². The highest BCUT2D eigenvalue weighted by Crippen LogP contribution is 2.29. The number of allylic oxidation sites excluding steroid dienone is 2. The second-order valence-corrected chi connectivity index (χ2v) is 8.65. The van der Waals surface area contributed by atoms with Crippen LogP contribution in [-0.4, -0.2) is 11.6 Å². The molecule has 0 unspecified atom stereocenters. The van der Waals surface area contributed by atoms with Crippen molar-refractivity contribution in [1.82, 2.24) is 0 Å². The van der Waals surface area contributed by atoms with Gasteiger partial charge in [0.25, 0.3) is 0 Å². The van der Waals surface area contributed by atoms with E-state index in [1.165, 1.54) is 77.0 Å². The van der Waals surface area contributed by atoms with Crippen molar-refractivity contribution in [2.24, 2.45) is 0 Å². The van der Waals surface area contributed by atoms with Crippen LogP contribution >= 0.6 is 0 Å². The second-order valence-electron chi connectivity index (χ2n) is 8.65. The SMILES string of the molecule is CCCCCCCCCCCCCCCCC1=C(C)C(=O)c2ccccc2C1=O. The summed E-state index contributed by atoms with van der Waals surface area (Å²) >= 11 is 0. The predicted octanol–water partition coefficient (Wildman–Crippen LogP) is 8.25. The Hall–Kier alpha value is -1.70. The molecule has 0 spiro atoms. The number of ketones is 2. The molecule has 0 fully saturated rings. The zero-order chi connectivity index (χ0) is 20.9. The molecule has 1 aromatic rings. The van der Waals surface area contributed by atoms with Gasteiger partial charge in [0, 0.05) is 22.3 Å². The predicted molar refractivity (Wildman–Crippen MR) is 123 cm³/mol. The molecule has 0 heterocycles. The summed E-state index contributed by atoms with van der Waals surface area (Å²) < 4.78 is 0. The maximum Gasteiger partial charge on any atom is 0.190 e. The van der Waals surface area contributed by atoms with Crippen LogP contribution < -0.4 is 0 Å². The minimum absolute atomic E-state index is 0.0283. The summed E-state index contributed by atoms with van der Waals surface area (Å²) in [5.74, 6) is 0.0907. The number of fused-ring (bicyclic) bond motifs is 1.